The lowest BCUT2D eigenvalue weighted by Gasteiger charge is -2.34. The molecule has 0 radical (unpaired) electrons. The Labute approximate surface area is 191 Å². The number of hydrogen-bond donors (Lipinski definition) is 2. The molecule has 8 heteroatoms. The van der Waals surface area contributed by atoms with E-state index in [4.69, 9.17) is 9.47 Å². The number of anilines is 1. The Morgan fingerprint density at radius 1 is 1.38 bits per heavy atom. The average Bonchev–Trinajstić information content (AvgIpc) is 2.76. The van der Waals surface area contributed by atoms with E-state index < -0.39 is 5.97 Å². The molecule has 0 aromatic heterocycles. The van der Waals surface area contributed by atoms with Crippen molar-refractivity contribution in [2.75, 3.05) is 38.1 Å². The Hall–Kier alpha value is -2.55. The normalized spacial score (nSPS) is 18.7. The molecule has 32 heavy (non-hydrogen) atoms. The second kappa shape index (κ2) is 9.94. The van der Waals surface area contributed by atoms with E-state index in [0.29, 0.717) is 49.2 Å². The molecule has 1 saturated heterocycles. The number of hydrogen-bond acceptors (Lipinski definition) is 7. The Bertz CT molecular complexity index is 1020. The number of carbonyl (C=O) groups is 1. The molecule has 0 bridgehead atoms. The maximum atomic E-state index is 13.9. The first kappa shape index (κ1) is 22.6. The summed E-state index contributed by atoms with van der Waals surface area (Å²) in [4.78, 5) is 15.5. The van der Waals surface area contributed by atoms with Gasteiger partial charge >= 0.3 is 5.97 Å². The molecule has 0 saturated carbocycles. The van der Waals surface area contributed by atoms with E-state index in [1.807, 2.05) is 24.3 Å². The number of aliphatic hydroxyl groups is 1. The number of likely N-dealkylation sites (tertiary alicyclic amines) is 1. The van der Waals surface area contributed by atoms with Gasteiger partial charge in [-0.15, -0.1) is 0 Å². The summed E-state index contributed by atoms with van der Waals surface area (Å²) in [6, 6.07) is 8.42. The quantitative estimate of drug-likeness (QED) is 0.473. The highest BCUT2D eigenvalue weighted by atomic mass is 32.2. The van der Waals surface area contributed by atoms with Gasteiger partial charge in [-0.1, -0.05) is 25.1 Å². The molecular formula is C24H27FN2O4S. The van der Waals surface area contributed by atoms with Crippen LogP contribution >= 0.6 is 11.9 Å². The number of rotatable bonds is 7. The number of halogens is 1. The van der Waals surface area contributed by atoms with E-state index in [-0.39, 0.29) is 11.9 Å². The van der Waals surface area contributed by atoms with Crippen LogP contribution in [0, 0.1) is 5.82 Å². The maximum Gasteiger partial charge on any atom is 0.343 e. The van der Waals surface area contributed by atoms with Crippen LogP contribution in [0.5, 0.6) is 5.75 Å². The van der Waals surface area contributed by atoms with Crippen LogP contribution in [0.2, 0.25) is 0 Å². The van der Waals surface area contributed by atoms with Crippen LogP contribution in [-0.4, -0.2) is 55.4 Å². The van der Waals surface area contributed by atoms with Crippen molar-refractivity contribution in [3.05, 3.63) is 58.9 Å². The number of ether oxygens (including phenoxy) is 2. The summed E-state index contributed by atoms with van der Waals surface area (Å²) in [5, 5.41) is 9.39. The number of benzene rings is 2. The van der Waals surface area contributed by atoms with E-state index in [1.54, 1.807) is 6.07 Å². The predicted octanol–water partition coefficient (Wildman–Crippen LogP) is 4.31. The first-order chi connectivity index (χ1) is 15.5. The first-order valence-corrected chi connectivity index (χ1v) is 11.4. The maximum absolute atomic E-state index is 13.9. The lowest BCUT2D eigenvalue weighted by atomic mass is 9.92. The third kappa shape index (κ3) is 4.92. The fourth-order valence-corrected chi connectivity index (χ4v) is 4.67. The smallest absolute Gasteiger partial charge is 0.343 e. The standard InChI is InChI=1S/C24H27FN2O4S/c1-15-9-11-31-23-19(15)6-7-20(22(23)24(29)30-2)26-32-21-8-5-17(25)12-16(21)4-3-10-27-13-18(28)14-27/h3-8,12,15,18,26,28H,9-11,13-14H2,1-2H3/b4-3-. The van der Waals surface area contributed by atoms with Crippen LogP contribution in [0.25, 0.3) is 6.08 Å². The third-order valence-electron chi connectivity index (χ3n) is 5.75. The van der Waals surface area contributed by atoms with Crippen LogP contribution < -0.4 is 9.46 Å². The number of esters is 1. The van der Waals surface area contributed by atoms with E-state index in [0.717, 1.165) is 22.4 Å². The van der Waals surface area contributed by atoms with Crippen molar-refractivity contribution in [2.45, 2.75) is 30.3 Å². The molecule has 4 rings (SSSR count). The van der Waals surface area contributed by atoms with Gasteiger partial charge in [0.05, 0.1) is 25.5 Å². The van der Waals surface area contributed by atoms with Crippen molar-refractivity contribution < 1.29 is 23.8 Å². The molecule has 2 heterocycles. The zero-order valence-electron chi connectivity index (χ0n) is 18.1. The summed E-state index contributed by atoms with van der Waals surface area (Å²) in [7, 11) is 1.35. The van der Waals surface area contributed by atoms with Crippen molar-refractivity contribution in [3.63, 3.8) is 0 Å². The zero-order chi connectivity index (χ0) is 22.7. The monoisotopic (exact) mass is 458 g/mol. The first-order valence-electron chi connectivity index (χ1n) is 10.6. The highest BCUT2D eigenvalue weighted by Crippen LogP contribution is 2.41. The van der Waals surface area contributed by atoms with Gasteiger partial charge in [0, 0.05) is 24.5 Å². The van der Waals surface area contributed by atoms with Crippen molar-refractivity contribution in [1.82, 2.24) is 4.90 Å². The molecule has 6 nitrogen and oxygen atoms in total. The van der Waals surface area contributed by atoms with E-state index in [9.17, 15) is 14.3 Å². The molecule has 0 spiro atoms. The highest BCUT2D eigenvalue weighted by molar-refractivity contribution is 8.00. The molecule has 1 atom stereocenters. The number of methoxy groups -OCH3 is 1. The van der Waals surface area contributed by atoms with Gasteiger partial charge in [0.1, 0.15) is 17.1 Å². The fourth-order valence-electron chi connectivity index (χ4n) is 3.90. The van der Waals surface area contributed by atoms with Crippen molar-refractivity contribution in [1.29, 1.82) is 0 Å². The second-order valence-electron chi connectivity index (χ2n) is 8.10. The summed E-state index contributed by atoms with van der Waals surface area (Å²) < 4.78 is 28.0. The fraction of sp³-hybridized carbons (Fsp3) is 0.375. The van der Waals surface area contributed by atoms with Crippen LogP contribution in [-0.2, 0) is 4.74 Å². The number of fused-ring (bicyclic) bond motifs is 1. The van der Waals surface area contributed by atoms with Crippen LogP contribution in [0.15, 0.2) is 41.3 Å². The predicted molar refractivity (Wildman–Crippen MR) is 124 cm³/mol. The summed E-state index contributed by atoms with van der Waals surface area (Å²) in [6.45, 7) is 4.67. The minimum absolute atomic E-state index is 0.250. The Morgan fingerprint density at radius 3 is 2.94 bits per heavy atom. The van der Waals surface area contributed by atoms with Gasteiger partial charge in [-0.3, -0.25) is 4.90 Å². The van der Waals surface area contributed by atoms with E-state index in [1.165, 1.54) is 31.2 Å². The molecule has 0 aliphatic carbocycles. The third-order valence-corrected chi connectivity index (χ3v) is 6.66. The van der Waals surface area contributed by atoms with Gasteiger partial charge in [0.2, 0.25) is 0 Å². The molecule has 1 fully saturated rings. The van der Waals surface area contributed by atoms with Gasteiger partial charge < -0.3 is 19.3 Å². The topological polar surface area (TPSA) is 71.0 Å². The SMILES string of the molecule is COC(=O)c1c(NSc2ccc(F)cc2/C=C\CN2CC(O)C2)ccc2c1OCCC2C. The van der Waals surface area contributed by atoms with E-state index >= 15 is 0 Å². The summed E-state index contributed by atoms with van der Waals surface area (Å²) >= 11 is 1.30. The van der Waals surface area contributed by atoms with Crippen LogP contribution in [0.1, 0.15) is 40.7 Å². The molecule has 1 unspecified atom stereocenters. The molecule has 2 aliphatic heterocycles. The number of aliphatic hydroxyl groups excluding tert-OH is 1. The minimum Gasteiger partial charge on any atom is -0.492 e. The highest BCUT2D eigenvalue weighted by Gasteiger charge is 2.27. The molecule has 170 valence electrons. The number of β-amino-alcohol motifs (C(OH)–C–C–N with tert-alkyl or cyclic N) is 1. The Morgan fingerprint density at radius 2 is 2.19 bits per heavy atom. The number of nitrogens with one attached hydrogen (secondary N) is 1. The van der Waals surface area contributed by atoms with Crippen molar-refractivity contribution in [2.24, 2.45) is 0 Å². The molecular weight excluding hydrogens is 431 g/mol. The lowest BCUT2D eigenvalue weighted by molar-refractivity contribution is 0.00991. The number of carbonyl (C=O) groups excluding carboxylic acids is 1. The molecule has 0 amide bonds. The number of nitrogens with zero attached hydrogens (tertiary/aromatic N) is 1. The molecule has 2 N–H and O–H groups in total. The summed E-state index contributed by atoms with van der Waals surface area (Å²) in [6.07, 6.45) is 4.48. The van der Waals surface area contributed by atoms with Gasteiger partial charge in [-0.2, -0.15) is 0 Å². The van der Waals surface area contributed by atoms with Gasteiger partial charge in [-0.25, -0.2) is 9.18 Å². The summed E-state index contributed by atoms with van der Waals surface area (Å²) in [5.74, 6) is 0.0807. The summed E-state index contributed by atoms with van der Waals surface area (Å²) in [5.41, 5.74) is 2.68. The molecule has 2 aromatic rings. The van der Waals surface area contributed by atoms with Crippen molar-refractivity contribution in [3.8, 4) is 5.75 Å². The molecule has 2 aromatic carbocycles. The molecule has 2 aliphatic rings. The Balaban J connectivity index is 1.54. The minimum atomic E-state index is -0.463. The van der Waals surface area contributed by atoms with Gasteiger partial charge in [0.15, 0.2) is 0 Å². The average molecular weight is 459 g/mol. The van der Waals surface area contributed by atoms with Crippen LogP contribution in [0.3, 0.4) is 0 Å². The second-order valence-corrected chi connectivity index (χ2v) is 8.95. The van der Waals surface area contributed by atoms with Crippen LogP contribution in [0.4, 0.5) is 10.1 Å². The van der Waals surface area contributed by atoms with Crippen molar-refractivity contribution >= 4 is 29.7 Å². The van der Waals surface area contributed by atoms with Gasteiger partial charge in [-0.05, 0) is 59.7 Å². The van der Waals surface area contributed by atoms with Gasteiger partial charge in [0.25, 0.3) is 0 Å². The Kier molecular flexibility index (Phi) is 7.03. The zero-order valence-corrected chi connectivity index (χ0v) is 19.0. The largest absolute Gasteiger partial charge is 0.492 e. The lowest BCUT2D eigenvalue weighted by Crippen LogP contribution is -2.50. The van der Waals surface area contributed by atoms with E-state index in [2.05, 4.69) is 16.5 Å².